The van der Waals surface area contributed by atoms with E-state index >= 15 is 0 Å². The highest BCUT2D eigenvalue weighted by Crippen LogP contribution is 2.34. The summed E-state index contributed by atoms with van der Waals surface area (Å²) in [6.07, 6.45) is 2.05. The van der Waals surface area contributed by atoms with Crippen LogP contribution in [0.25, 0.3) is 22.3 Å². The van der Waals surface area contributed by atoms with E-state index in [0.717, 1.165) is 37.2 Å². The molecule has 1 fully saturated rings. The van der Waals surface area contributed by atoms with Gasteiger partial charge in [0.1, 0.15) is 5.75 Å². The Morgan fingerprint density at radius 2 is 2.12 bits per heavy atom. The first-order valence-corrected chi connectivity index (χ1v) is 8.26. The molecule has 1 aliphatic rings. The summed E-state index contributed by atoms with van der Waals surface area (Å²) >= 11 is 0. The quantitative estimate of drug-likeness (QED) is 0.669. The standard InChI is InChI=1S/C18H21N5O/c1-19-6-7-23-10-12(11-23)15-9-20-18-14(15)8-16(21-22-18)13-4-2-3-5-17(13)24/h2-5,8-9,12,19,24H,6-7,10-11H2,1H3,(H,20,22). The molecule has 6 nitrogen and oxygen atoms in total. The predicted molar refractivity (Wildman–Crippen MR) is 94.1 cm³/mol. The van der Waals surface area contributed by atoms with Gasteiger partial charge >= 0.3 is 0 Å². The number of likely N-dealkylation sites (N-methyl/N-ethyl adjacent to an activating group) is 1. The number of hydrogen-bond acceptors (Lipinski definition) is 5. The lowest BCUT2D eigenvalue weighted by Gasteiger charge is -2.39. The van der Waals surface area contributed by atoms with Crippen LogP contribution in [0.15, 0.2) is 36.5 Å². The van der Waals surface area contributed by atoms with E-state index < -0.39 is 0 Å². The normalized spacial score (nSPS) is 15.7. The Balaban J connectivity index is 1.62. The third-order valence-corrected chi connectivity index (χ3v) is 4.72. The zero-order chi connectivity index (χ0) is 16.5. The van der Waals surface area contributed by atoms with Gasteiger partial charge in [0.25, 0.3) is 0 Å². The third-order valence-electron chi connectivity index (χ3n) is 4.72. The Morgan fingerprint density at radius 3 is 2.92 bits per heavy atom. The lowest BCUT2D eigenvalue weighted by molar-refractivity contribution is 0.151. The summed E-state index contributed by atoms with van der Waals surface area (Å²) in [5.74, 6) is 0.752. The second-order valence-corrected chi connectivity index (χ2v) is 6.31. The van der Waals surface area contributed by atoms with Crippen LogP contribution >= 0.6 is 0 Å². The van der Waals surface area contributed by atoms with Gasteiger partial charge in [-0.25, -0.2) is 0 Å². The van der Waals surface area contributed by atoms with Crippen molar-refractivity contribution in [2.75, 3.05) is 33.2 Å². The molecule has 0 aliphatic carbocycles. The average molecular weight is 323 g/mol. The molecule has 0 atom stereocenters. The van der Waals surface area contributed by atoms with Crippen LogP contribution in [0, 0.1) is 0 Å². The number of nitrogens with one attached hydrogen (secondary N) is 2. The molecule has 0 spiro atoms. The van der Waals surface area contributed by atoms with Crippen molar-refractivity contribution < 1.29 is 5.11 Å². The summed E-state index contributed by atoms with van der Waals surface area (Å²) in [6.45, 7) is 4.24. The Morgan fingerprint density at radius 1 is 1.29 bits per heavy atom. The number of fused-ring (bicyclic) bond motifs is 1. The number of likely N-dealkylation sites (tertiary alicyclic amines) is 1. The zero-order valence-corrected chi connectivity index (χ0v) is 13.7. The van der Waals surface area contributed by atoms with Crippen LogP contribution in [0.5, 0.6) is 5.75 Å². The van der Waals surface area contributed by atoms with E-state index in [1.54, 1.807) is 12.1 Å². The van der Waals surface area contributed by atoms with E-state index in [2.05, 4.69) is 25.4 Å². The second kappa shape index (κ2) is 6.22. The molecule has 0 unspecified atom stereocenters. The van der Waals surface area contributed by atoms with Crippen LogP contribution < -0.4 is 5.32 Å². The molecule has 3 aromatic rings. The molecule has 1 saturated heterocycles. The second-order valence-electron chi connectivity index (χ2n) is 6.31. The maximum Gasteiger partial charge on any atom is 0.160 e. The molecule has 24 heavy (non-hydrogen) atoms. The molecule has 0 saturated carbocycles. The van der Waals surface area contributed by atoms with Gasteiger partial charge in [-0.3, -0.25) is 0 Å². The predicted octanol–water partition coefficient (Wildman–Crippen LogP) is 1.95. The minimum Gasteiger partial charge on any atom is -0.507 e. The van der Waals surface area contributed by atoms with Gasteiger partial charge in [0.05, 0.1) is 5.69 Å². The Bertz CT molecular complexity index is 853. The van der Waals surface area contributed by atoms with Crippen LogP contribution in [0.3, 0.4) is 0 Å². The molecule has 124 valence electrons. The molecular weight excluding hydrogens is 302 g/mol. The molecule has 0 radical (unpaired) electrons. The van der Waals surface area contributed by atoms with Gasteiger partial charge in [-0.1, -0.05) is 12.1 Å². The van der Waals surface area contributed by atoms with Gasteiger partial charge in [0.15, 0.2) is 5.65 Å². The molecule has 1 aliphatic heterocycles. The van der Waals surface area contributed by atoms with Crippen molar-refractivity contribution in [2.24, 2.45) is 0 Å². The number of phenolic OH excluding ortho intramolecular Hbond substituents is 1. The summed E-state index contributed by atoms with van der Waals surface area (Å²) in [6, 6.07) is 9.26. The third kappa shape index (κ3) is 2.64. The van der Waals surface area contributed by atoms with Crippen molar-refractivity contribution in [2.45, 2.75) is 5.92 Å². The summed E-state index contributed by atoms with van der Waals surface area (Å²) in [5, 5.41) is 22.9. The number of aromatic nitrogens is 3. The van der Waals surface area contributed by atoms with Crippen LogP contribution in [0.1, 0.15) is 11.5 Å². The minimum absolute atomic E-state index is 0.227. The van der Waals surface area contributed by atoms with Crippen molar-refractivity contribution >= 4 is 11.0 Å². The molecule has 4 rings (SSSR count). The van der Waals surface area contributed by atoms with Gasteiger partial charge in [0.2, 0.25) is 0 Å². The molecule has 6 heteroatoms. The monoisotopic (exact) mass is 323 g/mol. The number of nitrogens with zero attached hydrogens (tertiary/aromatic N) is 3. The van der Waals surface area contributed by atoms with E-state index in [4.69, 9.17) is 0 Å². The van der Waals surface area contributed by atoms with Crippen molar-refractivity contribution in [3.05, 3.63) is 42.1 Å². The Kier molecular flexibility index (Phi) is 3.92. The van der Waals surface area contributed by atoms with Crippen molar-refractivity contribution in [3.63, 3.8) is 0 Å². The number of benzene rings is 1. The van der Waals surface area contributed by atoms with Crippen molar-refractivity contribution in [1.82, 2.24) is 25.4 Å². The maximum absolute atomic E-state index is 10.1. The fraction of sp³-hybridized carbons (Fsp3) is 0.333. The number of phenols is 1. The number of aromatic amines is 1. The van der Waals surface area contributed by atoms with Crippen molar-refractivity contribution in [1.29, 1.82) is 0 Å². The van der Waals surface area contributed by atoms with E-state index in [1.807, 2.05) is 31.4 Å². The number of aromatic hydroxyl groups is 1. The Hall–Kier alpha value is -2.44. The number of hydrogen-bond donors (Lipinski definition) is 3. The minimum atomic E-state index is 0.227. The van der Waals surface area contributed by atoms with Crippen LogP contribution in [0.4, 0.5) is 0 Å². The SMILES string of the molecule is CNCCN1CC(c2c[nH]c3nnc(-c4ccccc4O)cc23)C1. The lowest BCUT2D eigenvalue weighted by Crippen LogP contribution is -2.47. The van der Waals surface area contributed by atoms with E-state index in [9.17, 15) is 5.11 Å². The van der Waals surface area contributed by atoms with Gasteiger partial charge < -0.3 is 20.3 Å². The molecule has 1 aromatic carbocycles. The van der Waals surface area contributed by atoms with Crippen LogP contribution in [0.2, 0.25) is 0 Å². The molecule has 0 amide bonds. The highest BCUT2D eigenvalue weighted by molar-refractivity contribution is 5.84. The van der Waals surface area contributed by atoms with E-state index in [0.29, 0.717) is 17.2 Å². The van der Waals surface area contributed by atoms with Gasteiger partial charge in [-0.15, -0.1) is 10.2 Å². The van der Waals surface area contributed by atoms with Crippen molar-refractivity contribution in [3.8, 4) is 17.0 Å². The molecule has 2 aromatic heterocycles. The number of rotatable bonds is 5. The van der Waals surface area contributed by atoms with Gasteiger partial charge in [-0.2, -0.15) is 0 Å². The Labute approximate surface area is 140 Å². The van der Waals surface area contributed by atoms with Crippen LogP contribution in [-0.2, 0) is 0 Å². The number of para-hydroxylation sites is 1. The first-order valence-electron chi connectivity index (χ1n) is 8.26. The van der Waals surface area contributed by atoms with Gasteiger partial charge in [-0.05, 0) is 30.8 Å². The highest BCUT2D eigenvalue weighted by atomic mass is 16.3. The molecule has 3 heterocycles. The van der Waals surface area contributed by atoms with Crippen LogP contribution in [-0.4, -0.2) is 58.4 Å². The zero-order valence-electron chi connectivity index (χ0n) is 13.7. The summed E-state index contributed by atoms with van der Waals surface area (Å²) in [4.78, 5) is 5.66. The fourth-order valence-electron chi connectivity index (χ4n) is 3.32. The number of H-pyrrole nitrogens is 1. The summed E-state index contributed by atoms with van der Waals surface area (Å²) in [7, 11) is 1.98. The first-order chi connectivity index (χ1) is 11.8. The van der Waals surface area contributed by atoms with E-state index in [-0.39, 0.29) is 5.75 Å². The fourth-order valence-corrected chi connectivity index (χ4v) is 3.32. The largest absolute Gasteiger partial charge is 0.507 e. The highest BCUT2D eigenvalue weighted by Gasteiger charge is 2.29. The average Bonchev–Trinajstić information content (AvgIpc) is 2.97. The topological polar surface area (TPSA) is 77.1 Å². The lowest BCUT2D eigenvalue weighted by atomic mass is 9.91. The molecular formula is C18H21N5O. The summed E-state index contributed by atoms with van der Waals surface area (Å²) in [5.41, 5.74) is 3.51. The molecule has 0 bridgehead atoms. The smallest absolute Gasteiger partial charge is 0.160 e. The maximum atomic E-state index is 10.1. The van der Waals surface area contributed by atoms with E-state index in [1.165, 1.54) is 5.56 Å². The molecule has 3 N–H and O–H groups in total. The van der Waals surface area contributed by atoms with Gasteiger partial charge in [0, 0.05) is 49.2 Å². The summed E-state index contributed by atoms with van der Waals surface area (Å²) < 4.78 is 0. The first kappa shape index (κ1) is 15.1.